The Labute approximate surface area is 193 Å². The summed E-state index contributed by atoms with van der Waals surface area (Å²) in [6, 6.07) is 5.95. The fraction of sp³-hybridized carbons (Fsp3) is 0.500. The van der Waals surface area contributed by atoms with Gasteiger partial charge in [0.05, 0.1) is 16.3 Å². The Morgan fingerprint density at radius 3 is 2.88 bits per heavy atom. The summed E-state index contributed by atoms with van der Waals surface area (Å²) in [7, 11) is 0. The van der Waals surface area contributed by atoms with Gasteiger partial charge in [0.1, 0.15) is 11.9 Å². The Morgan fingerprint density at radius 1 is 1.38 bits per heavy atom. The third-order valence-corrected chi connectivity index (χ3v) is 6.70. The predicted octanol–water partition coefficient (Wildman–Crippen LogP) is 4.24. The van der Waals surface area contributed by atoms with Crippen molar-refractivity contribution in [2.24, 2.45) is 11.3 Å². The molecule has 2 amide bonds. The number of aromatic nitrogens is 2. The third kappa shape index (κ3) is 4.51. The first-order valence-corrected chi connectivity index (χ1v) is 11.4. The molecule has 0 aliphatic carbocycles. The number of fused-ring (bicyclic) bond motifs is 1. The predicted molar refractivity (Wildman–Crippen MR) is 123 cm³/mol. The largest absolute Gasteiger partial charge is 0.343 e. The Morgan fingerprint density at radius 2 is 2.16 bits per heavy atom. The fourth-order valence-electron chi connectivity index (χ4n) is 4.89. The van der Waals surface area contributed by atoms with Crippen LogP contribution in [0.3, 0.4) is 0 Å². The number of hydrogen-bond donors (Lipinski definition) is 1. The number of amides is 2. The van der Waals surface area contributed by atoms with Crippen LogP contribution in [0.5, 0.6) is 0 Å². The van der Waals surface area contributed by atoms with E-state index in [2.05, 4.69) is 34.8 Å². The molecule has 32 heavy (non-hydrogen) atoms. The normalized spacial score (nSPS) is 19.3. The SMILES string of the molecule is CC(=O)N1CCC[C@@H](CC(=O)Nc2cc(-c3cc(C#N)c4n3CC(C)(C)C4)c(Cl)cn2)C1. The standard InChI is InChI=1S/C24H28ClN5O2/c1-15(31)29-6-4-5-16(13-29)7-23(32)28-22-9-18(19(25)12-27-22)20-8-17(11-26)21-10-24(2,3)14-30(20)21/h8-9,12,16H,4-7,10,13-14H2,1-3H3,(H,27,28,32)/t16-/m0/s1. The van der Waals surface area contributed by atoms with E-state index < -0.39 is 0 Å². The lowest BCUT2D eigenvalue weighted by Crippen LogP contribution is -2.39. The maximum atomic E-state index is 12.7. The zero-order chi connectivity index (χ0) is 23.0. The lowest BCUT2D eigenvalue weighted by Gasteiger charge is -2.31. The van der Waals surface area contributed by atoms with Gasteiger partial charge in [0, 0.05) is 50.4 Å². The maximum Gasteiger partial charge on any atom is 0.225 e. The molecule has 2 aromatic heterocycles. The molecule has 0 saturated carbocycles. The summed E-state index contributed by atoms with van der Waals surface area (Å²) < 4.78 is 2.16. The summed E-state index contributed by atoms with van der Waals surface area (Å²) >= 11 is 6.48. The summed E-state index contributed by atoms with van der Waals surface area (Å²) in [6.45, 7) is 8.11. The highest BCUT2D eigenvalue weighted by Gasteiger charge is 2.33. The molecule has 7 nitrogen and oxygen atoms in total. The number of nitrogens with one attached hydrogen (secondary N) is 1. The Bertz CT molecular complexity index is 1110. The minimum Gasteiger partial charge on any atom is -0.343 e. The van der Waals surface area contributed by atoms with Crippen molar-refractivity contribution in [2.45, 2.75) is 53.0 Å². The number of nitriles is 1. The quantitative estimate of drug-likeness (QED) is 0.749. The van der Waals surface area contributed by atoms with Crippen molar-refractivity contribution in [1.82, 2.24) is 14.5 Å². The molecule has 4 heterocycles. The van der Waals surface area contributed by atoms with Gasteiger partial charge in [0.2, 0.25) is 11.8 Å². The van der Waals surface area contributed by atoms with Gasteiger partial charge in [0.15, 0.2) is 0 Å². The molecule has 0 aromatic carbocycles. The van der Waals surface area contributed by atoms with Gasteiger partial charge in [-0.25, -0.2) is 4.98 Å². The molecule has 2 aliphatic heterocycles. The highest BCUT2D eigenvalue weighted by atomic mass is 35.5. The van der Waals surface area contributed by atoms with Crippen LogP contribution < -0.4 is 5.32 Å². The number of carbonyl (C=O) groups excluding carboxylic acids is 2. The number of carbonyl (C=O) groups is 2. The monoisotopic (exact) mass is 453 g/mol. The molecule has 0 spiro atoms. The molecule has 1 atom stereocenters. The van der Waals surface area contributed by atoms with Crippen LogP contribution in [0.2, 0.25) is 5.02 Å². The minimum absolute atomic E-state index is 0.0544. The molecular weight excluding hydrogens is 426 g/mol. The number of piperidine rings is 1. The van der Waals surface area contributed by atoms with Gasteiger partial charge in [-0.15, -0.1) is 0 Å². The van der Waals surface area contributed by atoms with E-state index in [1.165, 1.54) is 6.20 Å². The van der Waals surface area contributed by atoms with Crippen LogP contribution in [0.15, 0.2) is 18.3 Å². The van der Waals surface area contributed by atoms with Crippen molar-refractivity contribution in [3.8, 4) is 17.3 Å². The number of hydrogen-bond acceptors (Lipinski definition) is 4. The highest BCUT2D eigenvalue weighted by molar-refractivity contribution is 6.33. The van der Waals surface area contributed by atoms with Gasteiger partial charge in [-0.1, -0.05) is 25.4 Å². The average Bonchev–Trinajstić information content (AvgIpc) is 3.22. The van der Waals surface area contributed by atoms with Crippen molar-refractivity contribution in [3.05, 3.63) is 34.6 Å². The van der Waals surface area contributed by atoms with Crippen LogP contribution in [0.4, 0.5) is 5.82 Å². The smallest absolute Gasteiger partial charge is 0.225 e. The number of likely N-dealkylation sites (tertiary alicyclic amines) is 1. The van der Waals surface area contributed by atoms with Gasteiger partial charge < -0.3 is 14.8 Å². The van der Waals surface area contributed by atoms with Crippen molar-refractivity contribution in [1.29, 1.82) is 5.26 Å². The maximum absolute atomic E-state index is 12.7. The van der Waals surface area contributed by atoms with Gasteiger partial charge in [-0.3, -0.25) is 9.59 Å². The Hall–Kier alpha value is -2.85. The number of halogens is 1. The van der Waals surface area contributed by atoms with Gasteiger partial charge in [-0.05, 0) is 42.7 Å². The first-order chi connectivity index (χ1) is 15.2. The summed E-state index contributed by atoms with van der Waals surface area (Å²) in [4.78, 5) is 30.4. The van der Waals surface area contributed by atoms with E-state index >= 15 is 0 Å². The van der Waals surface area contributed by atoms with Gasteiger partial charge >= 0.3 is 0 Å². The van der Waals surface area contributed by atoms with Gasteiger partial charge in [-0.2, -0.15) is 5.26 Å². The van der Waals surface area contributed by atoms with Crippen LogP contribution in [-0.2, 0) is 22.6 Å². The topological polar surface area (TPSA) is 91.0 Å². The van der Waals surface area contributed by atoms with Crippen LogP contribution in [0.25, 0.3) is 11.3 Å². The second-order valence-corrected chi connectivity index (χ2v) is 10.1. The minimum atomic E-state index is -0.125. The third-order valence-electron chi connectivity index (χ3n) is 6.40. The number of anilines is 1. The average molecular weight is 454 g/mol. The summed E-state index contributed by atoms with van der Waals surface area (Å²) in [5.41, 5.74) is 3.38. The number of rotatable bonds is 4. The van der Waals surface area contributed by atoms with E-state index in [4.69, 9.17) is 11.6 Å². The molecule has 2 aliphatic rings. The zero-order valence-electron chi connectivity index (χ0n) is 18.7. The number of pyridine rings is 1. The molecule has 4 rings (SSSR count). The van der Waals surface area contributed by atoms with Crippen molar-refractivity contribution in [3.63, 3.8) is 0 Å². The molecular formula is C24H28ClN5O2. The molecule has 0 unspecified atom stereocenters. The van der Waals surface area contributed by atoms with E-state index in [1.54, 1.807) is 13.0 Å². The lowest BCUT2D eigenvalue weighted by atomic mass is 9.90. The summed E-state index contributed by atoms with van der Waals surface area (Å²) in [6.07, 6.45) is 4.56. The second-order valence-electron chi connectivity index (χ2n) is 9.70. The van der Waals surface area contributed by atoms with Crippen molar-refractivity contribution < 1.29 is 9.59 Å². The summed E-state index contributed by atoms with van der Waals surface area (Å²) in [5.74, 6) is 0.507. The molecule has 8 heteroatoms. The molecule has 2 aromatic rings. The first kappa shape index (κ1) is 22.3. The molecule has 168 valence electrons. The van der Waals surface area contributed by atoms with Crippen LogP contribution in [0, 0.1) is 22.7 Å². The van der Waals surface area contributed by atoms with Gasteiger partial charge in [0.25, 0.3) is 0 Å². The van der Waals surface area contributed by atoms with E-state index in [9.17, 15) is 14.9 Å². The highest BCUT2D eigenvalue weighted by Crippen LogP contribution is 2.41. The van der Waals surface area contributed by atoms with Crippen molar-refractivity contribution >= 4 is 29.2 Å². The molecule has 1 fully saturated rings. The fourth-order valence-corrected chi connectivity index (χ4v) is 5.09. The number of nitrogens with zero attached hydrogens (tertiary/aromatic N) is 4. The van der Waals surface area contributed by atoms with E-state index in [1.807, 2.05) is 11.0 Å². The van der Waals surface area contributed by atoms with E-state index in [-0.39, 0.29) is 23.1 Å². The van der Waals surface area contributed by atoms with E-state index in [0.29, 0.717) is 29.4 Å². The second kappa shape index (κ2) is 8.59. The Balaban J connectivity index is 1.53. The molecule has 1 saturated heterocycles. The first-order valence-electron chi connectivity index (χ1n) is 11.0. The molecule has 0 bridgehead atoms. The van der Waals surface area contributed by atoms with Crippen molar-refractivity contribution in [2.75, 3.05) is 18.4 Å². The summed E-state index contributed by atoms with van der Waals surface area (Å²) in [5, 5.41) is 13.0. The van der Waals surface area contributed by atoms with E-state index in [0.717, 1.165) is 49.3 Å². The molecule has 1 N–H and O–H groups in total. The molecule has 0 radical (unpaired) electrons. The zero-order valence-corrected chi connectivity index (χ0v) is 19.5. The van der Waals surface area contributed by atoms with Crippen LogP contribution in [0.1, 0.15) is 51.3 Å². The Kier molecular flexibility index (Phi) is 6.00. The lowest BCUT2D eigenvalue weighted by molar-refractivity contribution is -0.131. The van der Waals surface area contributed by atoms with Crippen LogP contribution in [-0.4, -0.2) is 39.4 Å². The van der Waals surface area contributed by atoms with Crippen LogP contribution >= 0.6 is 11.6 Å².